The van der Waals surface area contributed by atoms with Gasteiger partial charge in [0.05, 0.1) is 0 Å². The topological polar surface area (TPSA) is 50.9 Å². The van der Waals surface area contributed by atoms with E-state index in [4.69, 9.17) is 5.73 Å². The highest BCUT2D eigenvalue weighted by Gasteiger charge is 2.16. The van der Waals surface area contributed by atoms with Crippen LogP contribution >= 0.6 is 27.7 Å². The summed E-state index contributed by atoms with van der Waals surface area (Å²) in [7, 11) is 1.96. The predicted octanol–water partition coefficient (Wildman–Crippen LogP) is 3.79. The lowest BCUT2D eigenvalue weighted by molar-refractivity contribution is 0.657. The average molecular weight is 352 g/mol. The second-order valence-electron chi connectivity index (χ2n) is 4.51. The highest BCUT2D eigenvalue weighted by molar-refractivity contribution is 9.10. The van der Waals surface area contributed by atoms with Crippen LogP contribution in [0.15, 0.2) is 45.9 Å². The van der Waals surface area contributed by atoms with E-state index < -0.39 is 0 Å². The van der Waals surface area contributed by atoms with Gasteiger partial charge >= 0.3 is 0 Å². The number of aryl methyl sites for hydroxylation is 1. The molecular formula is C15H18BrN3S. The smallest absolute Gasteiger partial charge is 0.128 e. The number of nitrogens with two attached hydrogens (primary N) is 1. The zero-order valence-corrected chi connectivity index (χ0v) is 14.0. The Bertz CT molecular complexity index is 569. The molecule has 3 N–H and O–H groups in total. The summed E-state index contributed by atoms with van der Waals surface area (Å²) in [5, 5.41) is 3.33. The van der Waals surface area contributed by atoms with Crippen LogP contribution in [0.5, 0.6) is 0 Å². The molecule has 2 aromatic rings. The molecule has 5 heteroatoms. The number of halogens is 1. The molecule has 0 amide bonds. The summed E-state index contributed by atoms with van der Waals surface area (Å²) in [4.78, 5) is 5.43. The first-order chi connectivity index (χ1) is 9.63. The van der Waals surface area contributed by atoms with Gasteiger partial charge in [0.25, 0.3) is 0 Å². The molecule has 20 heavy (non-hydrogen) atoms. The molecule has 0 saturated carbocycles. The molecule has 1 heterocycles. The van der Waals surface area contributed by atoms with Gasteiger partial charge in [0.2, 0.25) is 0 Å². The van der Waals surface area contributed by atoms with Gasteiger partial charge in [-0.1, -0.05) is 12.1 Å². The maximum atomic E-state index is 6.03. The molecule has 0 aliphatic rings. The summed E-state index contributed by atoms with van der Waals surface area (Å²) in [6.07, 6.45) is 1.75. The molecule has 0 fully saturated rings. The summed E-state index contributed by atoms with van der Waals surface area (Å²) in [6, 6.07) is 10.4. The molecule has 1 aromatic carbocycles. The van der Waals surface area contributed by atoms with Crippen LogP contribution in [-0.4, -0.2) is 17.8 Å². The Kier molecular flexibility index (Phi) is 5.46. The van der Waals surface area contributed by atoms with E-state index in [0.29, 0.717) is 5.82 Å². The second kappa shape index (κ2) is 7.11. The molecule has 2 rings (SSSR count). The van der Waals surface area contributed by atoms with E-state index in [9.17, 15) is 0 Å². The molecule has 3 nitrogen and oxygen atoms in total. The first-order valence-electron chi connectivity index (χ1n) is 6.39. The number of aromatic nitrogens is 1. The van der Waals surface area contributed by atoms with Gasteiger partial charge in [-0.3, -0.25) is 0 Å². The molecule has 0 bridgehead atoms. The lowest BCUT2D eigenvalue weighted by atomic mass is 10.0. The van der Waals surface area contributed by atoms with Crippen molar-refractivity contribution in [2.45, 2.75) is 17.9 Å². The van der Waals surface area contributed by atoms with Gasteiger partial charge < -0.3 is 11.1 Å². The van der Waals surface area contributed by atoms with Crippen LogP contribution in [0.4, 0.5) is 5.82 Å². The minimum atomic E-state index is 0.181. The van der Waals surface area contributed by atoms with E-state index in [2.05, 4.69) is 45.3 Å². The van der Waals surface area contributed by atoms with E-state index in [-0.39, 0.29) is 6.04 Å². The Balaban J connectivity index is 2.16. The molecular weight excluding hydrogens is 334 g/mol. The molecule has 0 aliphatic heterocycles. The Labute approximate surface area is 132 Å². The zero-order chi connectivity index (χ0) is 14.5. The second-order valence-corrected chi connectivity index (χ2v) is 6.43. The first-order valence-corrected chi connectivity index (χ1v) is 8.17. The maximum absolute atomic E-state index is 6.03. The monoisotopic (exact) mass is 351 g/mol. The fraction of sp³-hybridized carbons (Fsp3) is 0.267. The molecule has 1 aromatic heterocycles. The third-order valence-electron chi connectivity index (χ3n) is 3.18. The lowest BCUT2D eigenvalue weighted by Gasteiger charge is -2.20. The summed E-state index contributed by atoms with van der Waals surface area (Å²) in [5.74, 6) is 1.51. The van der Waals surface area contributed by atoms with Gasteiger partial charge in [0.15, 0.2) is 0 Å². The maximum Gasteiger partial charge on any atom is 0.128 e. The van der Waals surface area contributed by atoms with Crippen LogP contribution in [0.1, 0.15) is 17.2 Å². The Morgan fingerprint density at radius 3 is 2.75 bits per heavy atom. The van der Waals surface area contributed by atoms with Crippen LogP contribution in [0.2, 0.25) is 0 Å². The van der Waals surface area contributed by atoms with Crippen LogP contribution in [0, 0.1) is 6.92 Å². The van der Waals surface area contributed by atoms with Gasteiger partial charge in [0, 0.05) is 32.9 Å². The number of nitrogens with zero attached hydrogens (tertiary/aromatic N) is 1. The van der Waals surface area contributed by atoms with Crippen LogP contribution in [-0.2, 0) is 0 Å². The third-order valence-corrected chi connectivity index (χ3v) is 5.30. The van der Waals surface area contributed by atoms with Crippen molar-refractivity contribution in [1.82, 2.24) is 10.3 Å². The van der Waals surface area contributed by atoms with Crippen LogP contribution < -0.4 is 11.1 Å². The van der Waals surface area contributed by atoms with E-state index in [1.165, 1.54) is 10.5 Å². The summed E-state index contributed by atoms with van der Waals surface area (Å²) in [6.45, 7) is 2.07. The number of hydrogen-bond acceptors (Lipinski definition) is 4. The zero-order valence-electron chi connectivity index (χ0n) is 11.6. The average Bonchev–Trinajstić information content (AvgIpc) is 2.43. The standard InChI is InChI=1S/C15H18BrN3S/c1-10-7-8-19-15(17)14(10)12(18-2)9-20-13-6-4-3-5-11(13)16/h3-8,12,18H,9H2,1-2H3,(H2,17,19). The Hall–Kier alpha value is -1.04. The Morgan fingerprint density at radius 1 is 1.35 bits per heavy atom. The molecule has 1 unspecified atom stereocenters. The van der Waals surface area contributed by atoms with Crippen molar-refractivity contribution < 1.29 is 0 Å². The van der Waals surface area contributed by atoms with Crippen molar-refractivity contribution in [3.8, 4) is 0 Å². The molecule has 0 spiro atoms. The lowest BCUT2D eigenvalue weighted by Crippen LogP contribution is -2.21. The van der Waals surface area contributed by atoms with E-state index in [0.717, 1.165) is 15.8 Å². The minimum absolute atomic E-state index is 0.181. The fourth-order valence-corrected chi connectivity index (χ4v) is 3.78. The van der Waals surface area contributed by atoms with Crippen LogP contribution in [0.3, 0.4) is 0 Å². The number of benzene rings is 1. The number of thioether (sulfide) groups is 1. The fourth-order valence-electron chi connectivity index (χ4n) is 2.09. The summed E-state index contributed by atoms with van der Waals surface area (Å²) >= 11 is 5.37. The summed E-state index contributed by atoms with van der Waals surface area (Å²) < 4.78 is 1.12. The molecule has 1 atom stereocenters. The van der Waals surface area contributed by atoms with Gasteiger partial charge in [-0.15, -0.1) is 11.8 Å². The summed E-state index contributed by atoms with van der Waals surface area (Å²) in [5.41, 5.74) is 8.29. The number of hydrogen-bond donors (Lipinski definition) is 2. The first kappa shape index (κ1) is 15.4. The molecule has 0 aliphatic carbocycles. The van der Waals surface area contributed by atoms with Crippen molar-refractivity contribution >= 4 is 33.5 Å². The largest absolute Gasteiger partial charge is 0.383 e. The number of nitrogens with one attached hydrogen (secondary N) is 1. The van der Waals surface area contributed by atoms with E-state index in [1.807, 2.05) is 25.2 Å². The minimum Gasteiger partial charge on any atom is -0.383 e. The SMILES string of the molecule is CNC(CSc1ccccc1Br)c1c(C)ccnc1N. The van der Waals surface area contributed by atoms with Gasteiger partial charge in [-0.05, 0) is 53.7 Å². The van der Waals surface area contributed by atoms with Gasteiger partial charge in [0.1, 0.15) is 5.82 Å². The van der Waals surface area contributed by atoms with Gasteiger partial charge in [-0.2, -0.15) is 0 Å². The van der Waals surface area contributed by atoms with Crippen molar-refractivity contribution in [3.05, 3.63) is 52.1 Å². The van der Waals surface area contributed by atoms with Crippen molar-refractivity contribution in [2.75, 3.05) is 18.5 Å². The molecule has 0 saturated heterocycles. The highest BCUT2D eigenvalue weighted by atomic mass is 79.9. The van der Waals surface area contributed by atoms with Crippen molar-refractivity contribution in [2.24, 2.45) is 0 Å². The molecule has 0 radical (unpaired) electrons. The third kappa shape index (κ3) is 3.53. The predicted molar refractivity (Wildman–Crippen MR) is 90.1 cm³/mol. The molecule has 106 valence electrons. The number of pyridine rings is 1. The van der Waals surface area contributed by atoms with Crippen LogP contribution in [0.25, 0.3) is 0 Å². The number of nitrogen functional groups attached to an aromatic ring is 1. The number of rotatable bonds is 5. The van der Waals surface area contributed by atoms with Crippen molar-refractivity contribution in [3.63, 3.8) is 0 Å². The van der Waals surface area contributed by atoms with Gasteiger partial charge in [-0.25, -0.2) is 4.98 Å². The highest BCUT2D eigenvalue weighted by Crippen LogP contribution is 2.32. The van der Waals surface area contributed by atoms with Crippen molar-refractivity contribution in [1.29, 1.82) is 0 Å². The number of anilines is 1. The Morgan fingerprint density at radius 2 is 2.10 bits per heavy atom. The quantitative estimate of drug-likeness (QED) is 0.804. The van der Waals surface area contributed by atoms with E-state index in [1.54, 1.807) is 18.0 Å². The normalized spacial score (nSPS) is 12.3. The van der Waals surface area contributed by atoms with E-state index >= 15 is 0 Å².